The molecule has 0 aliphatic carbocycles. The molecule has 0 atom stereocenters. The molecule has 0 fully saturated rings. The van der Waals surface area contributed by atoms with Crippen LogP contribution in [0.4, 0.5) is 5.95 Å². The third-order valence-corrected chi connectivity index (χ3v) is 1.22. The molecule has 0 bridgehead atoms. The highest BCUT2D eigenvalue weighted by molar-refractivity contribution is 6.28. The van der Waals surface area contributed by atoms with Crippen LogP contribution in [0.2, 0.25) is 5.28 Å². The van der Waals surface area contributed by atoms with E-state index in [2.05, 4.69) is 20.3 Å². The molecule has 60 valence electrons. The largest absolute Gasteiger partial charge is 0.354 e. The Labute approximate surface area is 70.0 Å². The quantitative estimate of drug-likeness (QED) is 0.730. The lowest BCUT2D eigenvalue weighted by molar-refractivity contribution is 0.962. The molecule has 4 nitrogen and oxygen atoms in total. The molecule has 0 aromatic carbocycles. The molecule has 0 radical (unpaired) electrons. The van der Waals surface area contributed by atoms with Crippen LogP contribution in [0, 0.1) is 6.92 Å². The van der Waals surface area contributed by atoms with Crippen molar-refractivity contribution in [3.05, 3.63) is 11.1 Å². The molecule has 0 aliphatic rings. The molecular weight excluding hydrogens is 164 g/mol. The summed E-state index contributed by atoms with van der Waals surface area (Å²) in [6.07, 6.45) is 0. The van der Waals surface area contributed by atoms with Crippen LogP contribution < -0.4 is 5.32 Å². The number of rotatable bonds is 2. The first-order valence-corrected chi connectivity index (χ1v) is 3.72. The summed E-state index contributed by atoms with van der Waals surface area (Å²) in [5.41, 5.74) is 0. The lowest BCUT2D eigenvalue weighted by Crippen LogP contribution is -2.04. The van der Waals surface area contributed by atoms with E-state index in [1.54, 1.807) is 6.92 Å². The van der Waals surface area contributed by atoms with Crippen molar-refractivity contribution < 1.29 is 0 Å². The number of anilines is 1. The van der Waals surface area contributed by atoms with Crippen LogP contribution >= 0.6 is 11.6 Å². The summed E-state index contributed by atoms with van der Waals surface area (Å²) in [5, 5.41) is 3.17. The average Bonchev–Trinajstić information content (AvgIpc) is 1.85. The van der Waals surface area contributed by atoms with E-state index >= 15 is 0 Å². The molecule has 0 amide bonds. The topological polar surface area (TPSA) is 50.7 Å². The van der Waals surface area contributed by atoms with Gasteiger partial charge in [-0.15, -0.1) is 0 Å². The van der Waals surface area contributed by atoms with Gasteiger partial charge in [-0.3, -0.25) is 0 Å². The minimum absolute atomic E-state index is 0.230. The van der Waals surface area contributed by atoms with E-state index in [0.29, 0.717) is 11.8 Å². The van der Waals surface area contributed by atoms with Gasteiger partial charge in [0, 0.05) is 6.54 Å². The first-order chi connectivity index (χ1) is 5.22. The zero-order chi connectivity index (χ0) is 8.27. The van der Waals surface area contributed by atoms with E-state index < -0.39 is 0 Å². The maximum atomic E-state index is 5.58. The van der Waals surface area contributed by atoms with Gasteiger partial charge in [-0.25, -0.2) is 4.98 Å². The maximum absolute atomic E-state index is 5.58. The van der Waals surface area contributed by atoms with Crippen LogP contribution in [0.15, 0.2) is 0 Å². The van der Waals surface area contributed by atoms with Crippen molar-refractivity contribution in [1.29, 1.82) is 0 Å². The zero-order valence-electron chi connectivity index (χ0n) is 6.43. The molecule has 0 aliphatic heterocycles. The van der Waals surface area contributed by atoms with Crippen LogP contribution in [0.5, 0.6) is 0 Å². The highest BCUT2D eigenvalue weighted by Crippen LogP contribution is 2.04. The summed E-state index contributed by atoms with van der Waals surface area (Å²) in [6.45, 7) is 4.52. The van der Waals surface area contributed by atoms with E-state index in [4.69, 9.17) is 11.6 Å². The minimum atomic E-state index is 0.230. The molecule has 1 aromatic rings. The van der Waals surface area contributed by atoms with Crippen LogP contribution in [-0.4, -0.2) is 21.5 Å². The van der Waals surface area contributed by atoms with Crippen LogP contribution in [0.25, 0.3) is 0 Å². The minimum Gasteiger partial charge on any atom is -0.354 e. The molecule has 0 saturated carbocycles. The molecule has 1 rings (SSSR count). The molecule has 1 aromatic heterocycles. The first kappa shape index (κ1) is 8.20. The van der Waals surface area contributed by atoms with Gasteiger partial charge in [-0.05, 0) is 25.4 Å². The van der Waals surface area contributed by atoms with Crippen molar-refractivity contribution in [2.45, 2.75) is 13.8 Å². The fourth-order valence-electron chi connectivity index (χ4n) is 0.686. The van der Waals surface area contributed by atoms with Gasteiger partial charge in [0.05, 0.1) is 0 Å². The summed E-state index contributed by atoms with van der Waals surface area (Å²) < 4.78 is 0. The number of halogens is 1. The fraction of sp³-hybridized carbons (Fsp3) is 0.500. The summed E-state index contributed by atoms with van der Waals surface area (Å²) >= 11 is 5.58. The monoisotopic (exact) mass is 172 g/mol. The van der Waals surface area contributed by atoms with Crippen molar-refractivity contribution in [3.8, 4) is 0 Å². The van der Waals surface area contributed by atoms with Crippen LogP contribution in [0.3, 0.4) is 0 Å². The molecule has 0 saturated heterocycles. The number of aryl methyl sites for hydroxylation is 1. The zero-order valence-corrected chi connectivity index (χ0v) is 7.18. The molecule has 0 unspecified atom stereocenters. The molecule has 1 N–H and O–H groups in total. The van der Waals surface area contributed by atoms with E-state index in [1.807, 2.05) is 6.92 Å². The maximum Gasteiger partial charge on any atom is 0.227 e. The Hall–Kier alpha value is -0.900. The number of hydrogen-bond donors (Lipinski definition) is 1. The van der Waals surface area contributed by atoms with Crippen molar-refractivity contribution in [2.75, 3.05) is 11.9 Å². The van der Waals surface area contributed by atoms with Crippen molar-refractivity contribution in [2.24, 2.45) is 0 Å². The third-order valence-electron chi connectivity index (χ3n) is 1.05. The SMILES string of the molecule is CCNc1nc(C)nc(Cl)n1. The summed E-state index contributed by atoms with van der Waals surface area (Å²) in [6, 6.07) is 0. The Morgan fingerprint density at radius 2 is 2.09 bits per heavy atom. The van der Waals surface area contributed by atoms with Crippen molar-refractivity contribution in [3.63, 3.8) is 0 Å². The highest BCUT2D eigenvalue weighted by atomic mass is 35.5. The molecule has 11 heavy (non-hydrogen) atoms. The van der Waals surface area contributed by atoms with Crippen LogP contribution in [0.1, 0.15) is 12.7 Å². The van der Waals surface area contributed by atoms with E-state index in [9.17, 15) is 0 Å². The number of aromatic nitrogens is 3. The predicted molar refractivity (Wildman–Crippen MR) is 43.7 cm³/mol. The van der Waals surface area contributed by atoms with Crippen LogP contribution in [-0.2, 0) is 0 Å². The second-order valence-electron chi connectivity index (χ2n) is 2.01. The number of nitrogens with one attached hydrogen (secondary N) is 1. The Balaban J connectivity index is 2.89. The Morgan fingerprint density at radius 1 is 1.36 bits per heavy atom. The number of hydrogen-bond acceptors (Lipinski definition) is 4. The second-order valence-corrected chi connectivity index (χ2v) is 2.34. The Morgan fingerprint density at radius 3 is 2.64 bits per heavy atom. The molecule has 1 heterocycles. The molecule has 5 heteroatoms. The van der Waals surface area contributed by atoms with Gasteiger partial charge in [-0.1, -0.05) is 0 Å². The summed E-state index contributed by atoms with van der Waals surface area (Å²) in [7, 11) is 0. The smallest absolute Gasteiger partial charge is 0.227 e. The van der Waals surface area contributed by atoms with Gasteiger partial charge in [0.2, 0.25) is 11.2 Å². The molecule has 0 spiro atoms. The Bertz CT molecular complexity index is 230. The van der Waals surface area contributed by atoms with Gasteiger partial charge in [0.25, 0.3) is 0 Å². The third kappa shape index (κ3) is 2.31. The lowest BCUT2D eigenvalue weighted by Gasteiger charge is -2.00. The Kier molecular flexibility index (Phi) is 2.59. The average molecular weight is 173 g/mol. The van der Waals surface area contributed by atoms with E-state index in [-0.39, 0.29) is 5.28 Å². The fourth-order valence-corrected chi connectivity index (χ4v) is 0.889. The second kappa shape index (κ2) is 3.48. The highest BCUT2D eigenvalue weighted by Gasteiger charge is 1.98. The normalized spacial score (nSPS) is 9.73. The van der Waals surface area contributed by atoms with E-state index in [1.165, 1.54) is 0 Å². The van der Waals surface area contributed by atoms with Gasteiger partial charge < -0.3 is 5.32 Å². The summed E-state index contributed by atoms with van der Waals surface area (Å²) in [5.74, 6) is 1.16. The van der Waals surface area contributed by atoms with E-state index in [0.717, 1.165) is 6.54 Å². The summed E-state index contributed by atoms with van der Waals surface area (Å²) in [4.78, 5) is 11.7. The van der Waals surface area contributed by atoms with Gasteiger partial charge in [0.1, 0.15) is 5.82 Å². The predicted octanol–water partition coefficient (Wildman–Crippen LogP) is 1.27. The number of nitrogens with zero attached hydrogens (tertiary/aromatic N) is 3. The van der Waals surface area contributed by atoms with Gasteiger partial charge in [0.15, 0.2) is 0 Å². The molecular formula is C6H9ClN4. The van der Waals surface area contributed by atoms with Gasteiger partial charge in [-0.2, -0.15) is 9.97 Å². The lowest BCUT2D eigenvalue weighted by atomic mass is 10.7. The first-order valence-electron chi connectivity index (χ1n) is 3.34. The standard InChI is InChI=1S/C6H9ClN4/c1-3-8-6-10-4(2)9-5(7)11-6/h3H2,1-2H3,(H,8,9,10,11). The van der Waals surface area contributed by atoms with Crippen molar-refractivity contribution >= 4 is 17.5 Å². The van der Waals surface area contributed by atoms with Crippen molar-refractivity contribution in [1.82, 2.24) is 15.0 Å². The van der Waals surface area contributed by atoms with Gasteiger partial charge >= 0.3 is 0 Å².